The molecule has 380 valence electrons. The highest BCUT2D eigenvalue weighted by molar-refractivity contribution is 7.47. The van der Waals surface area contributed by atoms with Crippen LogP contribution >= 0.6 is 7.82 Å². The van der Waals surface area contributed by atoms with Crippen LogP contribution in [0.2, 0.25) is 0 Å². The summed E-state index contributed by atoms with van der Waals surface area (Å²) in [7, 11) is 1.54. The highest BCUT2D eigenvalue weighted by Crippen LogP contribution is 2.43. The molecule has 9 heteroatoms. The van der Waals surface area contributed by atoms with Crippen molar-refractivity contribution in [2.75, 3.05) is 40.9 Å². The van der Waals surface area contributed by atoms with Gasteiger partial charge in [-0.05, 0) is 77.0 Å². The molecular formula is C57H102N2O6P+. The van der Waals surface area contributed by atoms with Crippen LogP contribution in [0, 0.1) is 0 Å². The molecule has 0 rings (SSSR count). The summed E-state index contributed by atoms with van der Waals surface area (Å²) < 4.78 is 23.5. The second-order valence-electron chi connectivity index (χ2n) is 18.9. The summed E-state index contributed by atoms with van der Waals surface area (Å²) >= 11 is 0. The average molecular weight is 942 g/mol. The topological polar surface area (TPSA) is 105 Å². The van der Waals surface area contributed by atoms with Gasteiger partial charge in [-0.15, -0.1) is 0 Å². The van der Waals surface area contributed by atoms with Gasteiger partial charge >= 0.3 is 7.82 Å². The molecular weight excluding hydrogens is 840 g/mol. The van der Waals surface area contributed by atoms with Crippen LogP contribution in [0.25, 0.3) is 0 Å². The Morgan fingerprint density at radius 3 is 1.38 bits per heavy atom. The summed E-state index contributed by atoms with van der Waals surface area (Å²) in [4.78, 5) is 23.1. The number of likely N-dealkylation sites (N-methyl/N-ethyl adjacent to an activating group) is 1. The van der Waals surface area contributed by atoms with Crippen molar-refractivity contribution in [2.45, 2.75) is 219 Å². The Labute approximate surface area is 407 Å². The lowest BCUT2D eigenvalue weighted by molar-refractivity contribution is -0.870. The number of carbonyl (C=O) groups excluding carboxylic acids is 1. The fourth-order valence-electron chi connectivity index (χ4n) is 7.13. The number of aliphatic hydroxyl groups excluding tert-OH is 1. The molecule has 0 aliphatic heterocycles. The molecule has 0 radical (unpaired) electrons. The molecule has 66 heavy (non-hydrogen) atoms. The van der Waals surface area contributed by atoms with E-state index in [0.717, 1.165) is 83.5 Å². The third kappa shape index (κ3) is 49.3. The summed E-state index contributed by atoms with van der Waals surface area (Å²) in [5, 5.41) is 13.7. The molecule has 0 aliphatic rings. The Balaban J connectivity index is 3.88. The van der Waals surface area contributed by atoms with Crippen molar-refractivity contribution in [3.63, 3.8) is 0 Å². The van der Waals surface area contributed by atoms with Gasteiger partial charge in [0.2, 0.25) is 5.91 Å². The first-order valence-electron chi connectivity index (χ1n) is 26.6. The van der Waals surface area contributed by atoms with Gasteiger partial charge in [0, 0.05) is 6.42 Å². The van der Waals surface area contributed by atoms with Crippen molar-refractivity contribution in [1.29, 1.82) is 0 Å². The van der Waals surface area contributed by atoms with E-state index in [2.05, 4.69) is 104 Å². The van der Waals surface area contributed by atoms with Crippen LogP contribution in [0.1, 0.15) is 206 Å². The molecule has 3 atom stereocenters. The minimum Gasteiger partial charge on any atom is -0.387 e. The number of unbranched alkanes of at least 4 members (excludes halogenated alkanes) is 20. The summed E-state index contributed by atoms with van der Waals surface area (Å²) in [6, 6.07) is -0.863. The van der Waals surface area contributed by atoms with Crippen molar-refractivity contribution in [3.05, 3.63) is 97.2 Å². The third-order valence-corrected chi connectivity index (χ3v) is 12.3. The minimum absolute atomic E-state index is 0.0530. The predicted octanol–water partition coefficient (Wildman–Crippen LogP) is 15.9. The molecule has 0 aliphatic carbocycles. The fraction of sp³-hybridized carbons (Fsp3) is 0.702. The average Bonchev–Trinajstić information content (AvgIpc) is 3.28. The monoisotopic (exact) mass is 942 g/mol. The highest BCUT2D eigenvalue weighted by Gasteiger charge is 2.27. The number of amides is 1. The van der Waals surface area contributed by atoms with E-state index in [1.165, 1.54) is 103 Å². The Kier molecular flexibility index (Phi) is 45.6. The van der Waals surface area contributed by atoms with Crippen LogP contribution in [-0.2, 0) is 18.4 Å². The zero-order chi connectivity index (χ0) is 48.5. The van der Waals surface area contributed by atoms with Crippen LogP contribution in [0.3, 0.4) is 0 Å². The zero-order valence-corrected chi connectivity index (χ0v) is 44.0. The number of hydrogen-bond acceptors (Lipinski definition) is 5. The van der Waals surface area contributed by atoms with Crippen LogP contribution in [0.4, 0.5) is 0 Å². The van der Waals surface area contributed by atoms with Gasteiger partial charge in [0.15, 0.2) is 0 Å². The van der Waals surface area contributed by atoms with Gasteiger partial charge in [-0.1, -0.05) is 220 Å². The number of aliphatic hydroxyl groups is 1. The summed E-state index contributed by atoms with van der Waals surface area (Å²) in [6.45, 7) is 4.55. The van der Waals surface area contributed by atoms with E-state index in [0.29, 0.717) is 17.4 Å². The Hall–Kier alpha value is -2.58. The summed E-state index contributed by atoms with van der Waals surface area (Å²) in [6.07, 6.45) is 68.4. The molecule has 0 aromatic heterocycles. The van der Waals surface area contributed by atoms with E-state index in [-0.39, 0.29) is 19.1 Å². The number of quaternary nitrogens is 1. The SMILES string of the molecule is CC/C=C\C/C=C\C/C=C\C/C=C\C/C=C\C/C=C\CCCCCCCCCCCCCCCCCCCCC(=O)NC(COP(=O)(O)OCC[N+](C)(C)C)C(O)/C=C/CC/C=C/CCC. The lowest BCUT2D eigenvalue weighted by Gasteiger charge is -2.25. The minimum atomic E-state index is -4.34. The maximum absolute atomic E-state index is 12.8. The molecule has 0 saturated heterocycles. The van der Waals surface area contributed by atoms with E-state index in [1.807, 2.05) is 27.2 Å². The van der Waals surface area contributed by atoms with Crippen LogP contribution < -0.4 is 5.32 Å². The molecule has 1 amide bonds. The Morgan fingerprint density at radius 2 is 0.924 bits per heavy atom. The van der Waals surface area contributed by atoms with Crippen molar-refractivity contribution in [3.8, 4) is 0 Å². The van der Waals surface area contributed by atoms with Gasteiger partial charge in [0.25, 0.3) is 0 Å². The molecule has 8 nitrogen and oxygen atoms in total. The van der Waals surface area contributed by atoms with Crippen molar-refractivity contribution in [1.82, 2.24) is 5.32 Å². The molecule has 3 unspecified atom stereocenters. The maximum Gasteiger partial charge on any atom is 0.472 e. The first-order chi connectivity index (χ1) is 32.0. The number of nitrogens with zero attached hydrogens (tertiary/aromatic N) is 1. The molecule has 0 aromatic rings. The molecule has 0 bridgehead atoms. The second kappa shape index (κ2) is 47.5. The lowest BCUT2D eigenvalue weighted by atomic mass is 10.0. The number of hydrogen-bond donors (Lipinski definition) is 3. The van der Waals surface area contributed by atoms with Gasteiger partial charge in [-0.25, -0.2) is 4.57 Å². The largest absolute Gasteiger partial charge is 0.472 e. The summed E-state index contributed by atoms with van der Waals surface area (Å²) in [5.41, 5.74) is 0. The van der Waals surface area contributed by atoms with Crippen molar-refractivity contribution < 1.29 is 32.9 Å². The van der Waals surface area contributed by atoms with Crippen LogP contribution in [0.15, 0.2) is 97.2 Å². The van der Waals surface area contributed by atoms with Gasteiger partial charge in [-0.2, -0.15) is 0 Å². The van der Waals surface area contributed by atoms with E-state index in [9.17, 15) is 19.4 Å². The quantitative estimate of drug-likeness (QED) is 0.0243. The first kappa shape index (κ1) is 63.4. The smallest absolute Gasteiger partial charge is 0.387 e. The lowest BCUT2D eigenvalue weighted by Crippen LogP contribution is -2.45. The molecule has 3 N–H and O–H groups in total. The molecule has 0 heterocycles. The third-order valence-electron chi connectivity index (χ3n) is 11.3. The zero-order valence-electron chi connectivity index (χ0n) is 43.1. The molecule has 0 spiro atoms. The number of nitrogens with one attached hydrogen (secondary N) is 1. The second-order valence-corrected chi connectivity index (χ2v) is 20.3. The highest BCUT2D eigenvalue weighted by atomic mass is 31.2. The fourth-order valence-corrected chi connectivity index (χ4v) is 7.86. The maximum atomic E-state index is 12.8. The van der Waals surface area contributed by atoms with Crippen LogP contribution in [-0.4, -0.2) is 73.4 Å². The summed E-state index contributed by atoms with van der Waals surface area (Å²) in [5.74, 6) is -0.194. The standard InChI is InChI=1S/C57H101N2O6P/c1-6-8-10-12-14-15-16-17-18-19-20-21-22-23-24-25-26-27-28-29-30-31-32-33-34-35-36-37-38-39-40-41-42-43-45-47-49-51-57(61)58-55(56(60)50-48-46-44-13-11-9-7-2)54-65-66(62,63)64-53-52-59(3,4)5/h8,10-11,13-15,17-18,20-21,23-24,26-27,48,50,55-56,60H,6-7,9,12,16,19,22,25,28-47,49,51-54H2,1-5H3,(H-,58,61,62,63)/p+1/b10-8-,13-11+,15-14-,18-17-,21-20-,24-23-,27-26-,50-48+. The van der Waals surface area contributed by atoms with Gasteiger partial charge < -0.3 is 19.8 Å². The predicted molar refractivity (Wildman–Crippen MR) is 286 cm³/mol. The Bertz CT molecular complexity index is 1390. The van der Waals surface area contributed by atoms with E-state index < -0.39 is 20.0 Å². The molecule has 0 saturated carbocycles. The number of rotatable bonds is 47. The van der Waals surface area contributed by atoms with E-state index in [1.54, 1.807) is 6.08 Å². The molecule has 0 fully saturated rings. The van der Waals surface area contributed by atoms with E-state index in [4.69, 9.17) is 9.05 Å². The van der Waals surface area contributed by atoms with Gasteiger partial charge in [-0.3, -0.25) is 13.8 Å². The van der Waals surface area contributed by atoms with Gasteiger partial charge in [0.1, 0.15) is 13.2 Å². The first-order valence-corrected chi connectivity index (χ1v) is 28.1. The van der Waals surface area contributed by atoms with Crippen molar-refractivity contribution >= 4 is 13.7 Å². The van der Waals surface area contributed by atoms with Crippen molar-refractivity contribution in [2.24, 2.45) is 0 Å². The number of phosphoric ester groups is 1. The normalized spacial score (nSPS) is 14.8. The number of carbonyl (C=O) groups is 1. The van der Waals surface area contributed by atoms with E-state index >= 15 is 0 Å². The van der Waals surface area contributed by atoms with Gasteiger partial charge in [0.05, 0.1) is 39.9 Å². The Morgan fingerprint density at radius 1 is 0.530 bits per heavy atom. The number of phosphoric acid groups is 1. The molecule has 0 aromatic carbocycles. The number of allylic oxidation sites excluding steroid dienone is 15. The van der Waals surface area contributed by atoms with Crippen LogP contribution in [0.5, 0.6) is 0 Å².